The first kappa shape index (κ1) is 15.5. The maximum atomic E-state index is 12.6. The maximum Gasteiger partial charge on any atom is 0.214 e. The highest BCUT2D eigenvalue weighted by atomic mass is 16.5. The fourth-order valence-electron chi connectivity index (χ4n) is 2.63. The van der Waals surface area contributed by atoms with Crippen LogP contribution in [0.4, 0.5) is 0 Å². The van der Waals surface area contributed by atoms with Crippen molar-refractivity contribution in [3.8, 4) is 5.88 Å². The molecule has 2 rings (SSSR count). The number of hydrogen-bond donors (Lipinski definition) is 1. The molecule has 4 nitrogen and oxygen atoms in total. The van der Waals surface area contributed by atoms with E-state index in [1.54, 1.807) is 19.2 Å². The van der Waals surface area contributed by atoms with Crippen LogP contribution in [0.1, 0.15) is 50.3 Å². The number of nitrogens with zero attached hydrogens (tertiary/aromatic N) is 1. The predicted octanol–water partition coefficient (Wildman–Crippen LogP) is 3.75. The molecule has 0 aliphatic carbocycles. The van der Waals surface area contributed by atoms with Crippen LogP contribution in [-0.2, 0) is 6.42 Å². The summed E-state index contributed by atoms with van der Waals surface area (Å²) in [5.41, 5.74) is 2.52. The Balaban J connectivity index is 2.22. The Morgan fingerprint density at radius 3 is 2.67 bits per heavy atom. The number of unbranched alkanes of at least 4 members (excludes halogenated alkanes) is 4. The van der Waals surface area contributed by atoms with Gasteiger partial charge in [0.05, 0.1) is 12.5 Å². The first-order valence-corrected chi connectivity index (χ1v) is 7.74. The number of rotatable bonds is 7. The highest BCUT2D eigenvalue weighted by molar-refractivity contribution is 5.76. The van der Waals surface area contributed by atoms with E-state index in [1.807, 2.05) is 6.92 Å². The number of H-pyrrole nitrogens is 1. The number of nitrogens with one attached hydrogen (secondary N) is 1. The molecule has 0 saturated carbocycles. The molecule has 0 atom stereocenters. The molecule has 2 heterocycles. The Kier molecular flexibility index (Phi) is 5.37. The maximum absolute atomic E-state index is 12.6. The molecular formula is C17H24N2O2. The molecule has 0 aliphatic rings. The van der Waals surface area contributed by atoms with Crippen molar-refractivity contribution in [3.05, 3.63) is 33.6 Å². The molecule has 0 fully saturated rings. The van der Waals surface area contributed by atoms with Crippen molar-refractivity contribution in [2.24, 2.45) is 0 Å². The molecule has 0 aromatic carbocycles. The van der Waals surface area contributed by atoms with Crippen molar-refractivity contribution in [1.29, 1.82) is 0 Å². The van der Waals surface area contributed by atoms with Crippen molar-refractivity contribution in [2.45, 2.75) is 52.4 Å². The monoisotopic (exact) mass is 288 g/mol. The van der Waals surface area contributed by atoms with Crippen LogP contribution in [0.2, 0.25) is 0 Å². The van der Waals surface area contributed by atoms with Crippen LogP contribution >= 0.6 is 0 Å². The van der Waals surface area contributed by atoms with Gasteiger partial charge in [0.2, 0.25) is 5.88 Å². The van der Waals surface area contributed by atoms with Gasteiger partial charge < -0.3 is 9.72 Å². The van der Waals surface area contributed by atoms with E-state index in [0.717, 1.165) is 24.1 Å². The zero-order valence-electron chi connectivity index (χ0n) is 13.2. The molecule has 114 valence electrons. The Hall–Kier alpha value is -1.84. The lowest BCUT2D eigenvalue weighted by molar-refractivity contribution is 0.399. The summed E-state index contributed by atoms with van der Waals surface area (Å²) in [7, 11) is 1.57. The summed E-state index contributed by atoms with van der Waals surface area (Å²) in [4.78, 5) is 20.1. The molecule has 1 N–H and O–H groups in total. The molecule has 2 aromatic rings. The molecule has 4 heteroatoms. The van der Waals surface area contributed by atoms with Gasteiger partial charge in [-0.2, -0.15) is 4.98 Å². The van der Waals surface area contributed by atoms with Crippen LogP contribution < -0.4 is 10.2 Å². The van der Waals surface area contributed by atoms with Gasteiger partial charge >= 0.3 is 0 Å². The van der Waals surface area contributed by atoms with Gasteiger partial charge in [-0.05, 0) is 25.8 Å². The first-order valence-electron chi connectivity index (χ1n) is 7.74. The van der Waals surface area contributed by atoms with E-state index in [4.69, 9.17) is 4.74 Å². The first-order chi connectivity index (χ1) is 10.2. The summed E-state index contributed by atoms with van der Waals surface area (Å²) in [6.45, 7) is 4.16. The smallest absolute Gasteiger partial charge is 0.214 e. The van der Waals surface area contributed by atoms with Crippen LogP contribution in [-0.4, -0.2) is 17.1 Å². The Morgan fingerprint density at radius 1 is 1.19 bits per heavy atom. The molecule has 21 heavy (non-hydrogen) atoms. The van der Waals surface area contributed by atoms with Gasteiger partial charge in [-0.15, -0.1) is 0 Å². The second-order valence-corrected chi connectivity index (χ2v) is 5.47. The third-order valence-electron chi connectivity index (χ3n) is 3.89. The van der Waals surface area contributed by atoms with E-state index in [-0.39, 0.29) is 5.43 Å². The SMILES string of the molecule is CCCCCCCc1c(C)[nH]c2nc(OC)ccc2c1=O. The lowest BCUT2D eigenvalue weighted by Crippen LogP contribution is -2.14. The largest absolute Gasteiger partial charge is 0.481 e. The molecule has 0 unspecified atom stereocenters. The number of methoxy groups -OCH3 is 1. The fraction of sp³-hybridized carbons (Fsp3) is 0.529. The van der Waals surface area contributed by atoms with Gasteiger partial charge in [-0.1, -0.05) is 32.6 Å². The quantitative estimate of drug-likeness (QED) is 0.789. The lowest BCUT2D eigenvalue weighted by Gasteiger charge is -2.08. The van der Waals surface area contributed by atoms with E-state index in [1.165, 1.54) is 25.7 Å². The summed E-state index contributed by atoms with van der Waals surface area (Å²) in [6, 6.07) is 3.53. The predicted molar refractivity (Wildman–Crippen MR) is 86.1 cm³/mol. The highest BCUT2D eigenvalue weighted by Gasteiger charge is 2.10. The second kappa shape index (κ2) is 7.25. The van der Waals surface area contributed by atoms with Crippen molar-refractivity contribution < 1.29 is 4.74 Å². The summed E-state index contributed by atoms with van der Waals surface area (Å²) in [6.07, 6.45) is 6.86. The van der Waals surface area contributed by atoms with Crippen molar-refractivity contribution in [3.63, 3.8) is 0 Å². The molecule has 0 aliphatic heterocycles. The van der Waals surface area contributed by atoms with E-state index in [9.17, 15) is 4.79 Å². The number of aryl methyl sites for hydroxylation is 1. The van der Waals surface area contributed by atoms with Crippen molar-refractivity contribution in [2.75, 3.05) is 7.11 Å². The van der Waals surface area contributed by atoms with E-state index in [2.05, 4.69) is 16.9 Å². The van der Waals surface area contributed by atoms with Gasteiger partial charge in [0.15, 0.2) is 5.43 Å². The number of aromatic nitrogens is 2. The summed E-state index contributed by atoms with van der Waals surface area (Å²) >= 11 is 0. The van der Waals surface area contributed by atoms with Gasteiger partial charge in [0.25, 0.3) is 0 Å². The van der Waals surface area contributed by atoms with Crippen LogP contribution in [0, 0.1) is 6.92 Å². The minimum absolute atomic E-state index is 0.104. The molecule has 0 amide bonds. The Labute approximate surface area is 125 Å². The van der Waals surface area contributed by atoms with Crippen LogP contribution in [0.15, 0.2) is 16.9 Å². The second-order valence-electron chi connectivity index (χ2n) is 5.47. The van der Waals surface area contributed by atoms with Gasteiger partial charge in [-0.25, -0.2) is 0 Å². The average molecular weight is 288 g/mol. The van der Waals surface area contributed by atoms with E-state index < -0.39 is 0 Å². The topological polar surface area (TPSA) is 55.0 Å². The summed E-state index contributed by atoms with van der Waals surface area (Å²) in [5.74, 6) is 0.518. The molecule has 0 radical (unpaired) electrons. The fourth-order valence-corrected chi connectivity index (χ4v) is 2.63. The Bertz CT molecular complexity index is 662. The van der Waals surface area contributed by atoms with Crippen molar-refractivity contribution >= 4 is 11.0 Å². The normalized spacial score (nSPS) is 11.0. The lowest BCUT2D eigenvalue weighted by atomic mass is 10.0. The summed E-state index contributed by atoms with van der Waals surface area (Å²) < 4.78 is 5.10. The number of aromatic amines is 1. The van der Waals surface area contributed by atoms with Crippen LogP contribution in [0.25, 0.3) is 11.0 Å². The third-order valence-corrected chi connectivity index (χ3v) is 3.89. The van der Waals surface area contributed by atoms with Crippen LogP contribution in [0.5, 0.6) is 5.88 Å². The van der Waals surface area contributed by atoms with Gasteiger partial charge in [-0.3, -0.25) is 4.79 Å². The number of ether oxygens (including phenoxy) is 1. The molecular weight excluding hydrogens is 264 g/mol. The number of hydrogen-bond acceptors (Lipinski definition) is 3. The molecule has 0 saturated heterocycles. The summed E-state index contributed by atoms with van der Waals surface area (Å²) in [5, 5.41) is 0.643. The molecule has 0 bridgehead atoms. The number of fused-ring (bicyclic) bond motifs is 1. The van der Waals surface area contributed by atoms with E-state index >= 15 is 0 Å². The van der Waals surface area contributed by atoms with Crippen molar-refractivity contribution in [1.82, 2.24) is 9.97 Å². The Morgan fingerprint density at radius 2 is 1.95 bits per heavy atom. The van der Waals surface area contributed by atoms with Gasteiger partial charge in [0, 0.05) is 17.3 Å². The standard InChI is InChI=1S/C17H24N2O2/c1-4-5-6-7-8-9-13-12(2)18-17-14(16(13)20)10-11-15(19-17)21-3/h10-11H,4-9H2,1-3H3,(H,18,19,20). The van der Waals surface area contributed by atoms with E-state index in [0.29, 0.717) is 16.9 Å². The zero-order chi connectivity index (χ0) is 15.2. The van der Waals surface area contributed by atoms with Gasteiger partial charge in [0.1, 0.15) is 5.65 Å². The third kappa shape index (κ3) is 3.63. The molecule has 0 spiro atoms. The minimum Gasteiger partial charge on any atom is -0.481 e. The minimum atomic E-state index is 0.104. The number of pyridine rings is 2. The highest BCUT2D eigenvalue weighted by Crippen LogP contribution is 2.15. The molecule has 2 aromatic heterocycles. The van der Waals surface area contributed by atoms with Crippen LogP contribution in [0.3, 0.4) is 0 Å². The average Bonchev–Trinajstić information content (AvgIpc) is 2.49. The zero-order valence-corrected chi connectivity index (χ0v) is 13.2.